The van der Waals surface area contributed by atoms with Gasteiger partial charge in [0, 0.05) is 0 Å². The van der Waals surface area contributed by atoms with Crippen molar-refractivity contribution in [2.75, 3.05) is 13.1 Å². The van der Waals surface area contributed by atoms with Gasteiger partial charge in [-0.05, 0) is 20.8 Å². The van der Waals surface area contributed by atoms with Crippen LogP contribution in [0.4, 0.5) is 4.79 Å². The number of aliphatic carboxylic acids is 1. The van der Waals surface area contributed by atoms with Crippen LogP contribution in [0, 0.1) is 0 Å². The first-order chi connectivity index (χ1) is 7.11. The van der Waals surface area contributed by atoms with E-state index < -0.39 is 36.7 Å². The highest BCUT2D eigenvalue weighted by Crippen LogP contribution is 2.09. The van der Waals surface area contributed by atoms with Crippen molar-refractivity contribution in [2.24, 2.45) is 5.73 Å². The van der Waals surface area contributed by atoms with E-state index in [1.54, 1.807) is 20.8 Å². The zero-order chi connectivity index (χ0) is 12.9. The summed E-state index contributed by atoms with van der Waals surface area (Å²) < 4.78 is 4.92. The predicted octanol–water partition coefficient (Wildman–Crippen LogP) is -0.207. The quantitative estimate of drug-likeness (QED) is 0.697. The lowest BCUT2D eigenvalue weighted by Crippen LogP contribution is -2.44. The molecule has 16 heavy (non-hydrogen) atoms. The van der Waals surface area contributed by atoms with Crippen molar-refractivity contribution in [1.82, 2.24) is 4.90 Å². The highest BCUT2D eigenvalue weighted by atomic mass is 16.6. The van der Waals surface area contributed by atoms with Crippen molar-refractivity contribution in [1.29, 1.82) is 0 Å². The van der Waals surface area contributed by atoms with Crippen LogP contribution in [0.2, 0.25) is 0 Å². The number of carbonyl (C=O) groups is 3. The standard InChI is InChI=1S/C9H16N2O5/c1-9(2,3)16-8(15)11(4-6(10)12)5-7(13)14/h4-5H2,1-3H3,(H2,10,12)(H,13,14). The van der Waals surface area contributed by atoms with E-state index in [1.165, 1.54) is 0 Å². The summed E-state index contributed by atoms with van der Waals surface area (Å²) in [5.74, 6) is -2.04. The van der Waals surface area contributed by atoms with Gasteiger partial charge in [-0.25, -0.2) is 4.79 Å². The highest BCUT2D eigenvalue weighted by molar-refractivity contribution is 5.83. The molecule has 0 fully saturated rings. The third kappa shape index (κ3) is 6.63. The molecular weight excluding hydrogens is 216 g/mol. The van der Waals surface area contributed by atoms with Crippen LogP contribution in [0.1, 0.15) is 20.8 Å². The molecule has 7 nitrogen and oxygen atoms in total. The summed E-state index contributed by atoms with van der Waals surface area (Å²) in [5, 5.41) is 8.54. The van der Waals surface area contributed by atoms with Gasteiger partial charge < -0.3 is 15.6 Å². The molecular formula is C9H16N2O5. The minimum Gasteiger partial charge on any atom is -0.480 e. The summed E-state index contributed by atoms with van der Waals surface area (Å²) in [7, 11) is 0. The number of rotatable bonds is 4. The van der Waals surface area contributed by atoms with Gasteiger partial charge in [0.05, 0.1) is 0 Å². The summed E-state index contributed by atoms with van der Waals surface area (Å²) in [4.78, 5) is 33.3. The van der Waals surface area contributed by atoms with Crippen LogP contribution in [0.15, 0.2) is 0 Å². The molecule has 92 valence electrons. The van der Waals surface area contributed by atoms with Crippen LogP contribution in [-0.4, -0.2) is 46.7 Å². The first-order valence-corrected chi connectivity index (χ1v) is 4.60. The third-order valence-electron chi connectivity index (χ3n) is 1.32. The first kappa shape index (κ1) is 14.2. The largest absolute Gasteiger partial charge is 0.480 e. The molecule has 0 aliphatic rings. The van der Waals surface area contributed by atoms with E-state index in [4.69, 9.17) is 15.6 Å². The Morgan fingerprint density at radius 3 is 2.06 bits per heavy atom. The Morgan fingerprint density at radius 1 is 1.25 bits per heavy atom. The predicted molar refractivity (Wildman–Crippen MR) is 54.6 cm³/mol. The van der Waals surface area contributed by atoms with Gasteiger partial charge in [-0.3, -0.25) is 14.5 Å². The highest BCUT2D eigenvalue weighted by Gasteiger charge is 2.24. The third-order valence-corrected chi connectivity index (χ3v) is 1.32. The maximum Gasteiger partial charge on any atom is 0.411 e. The number of carboxylic acids is 1. The number of nitrogens with zero attached hydrogens (tertiary/aromatic N) is 1. The minimum atomic E-state index is -1.24. The molecule has 0 rings (SSSR count). The fourth-order valence-electron chi connectivity index (χ4n) is 0.863. The van der Waals surface area contributed by atoms with E-state index in [0.717, 1.165) is 4.90 Å². The van der Waals surface area contributed by atoms with E-state index >= 15 is 0 Å². The Bertz CT molecular complexity index is 279. The molecule has 0 saturated carbocycles. The SMILES string of the molecule is CC(C)(C)OC(=O)N(CC(N)=O)CC(=O)O. The number of hydrogen-bond acceptors (Lipinski definition) is 4. The van der Waals surface area contributed by atoms with Gasteiger partial charge in [0.2, 0.25) is 5.91 Å². The molecule has 0 unspecified atom stereocenters. The van der Waals surface area contributed by atoms with Crippen molar-refractivity contribution in [3.05, 3.63) is 0 Å². The van der Waals surface area contributed by atoms with E-state index in [1.807, 2.05) is 0 Å². The number of ether oxygens (including phenoxy) is 1. The van der Waals surface area contributed by atoms with Gasteiger partial charge in [0.1, 0.15) is 18.7 Å². The van der Waals surface area contributed by atoms with Gasteiger partial charge in [0.15, 0.2) is 0 Å². The summed E-state index contributed by atoms with van der Waals surface area (Å²) in [6, 6.07) is 0. The molecule has 0 heterocycles. The van der Waals surface area contributed by atoms with Gasteiger partial charge in [-0.15, -0.1) is 0 Å². The van der Waals surface area contributed by atoms with E-state index in [-0.39, 0.29) is 0 Å². The van der Waals surface area contributed by atoms with E-state index in [9.17, 15) is 14.4 Å². The minimum absolute atomic E-state index is 0.485. The molecule has 7 heteroatoms. The van der Waals surface area contributed by atoms with E-state index in [2.05, 4.69) is 0 Å². The second kappa shape index (κ2) is 5.34. The van der Waals surface area contributed by atoms with Crippen LogP contribution < -0.4 is 5.73 Å². The molecule has 0 radical (unpaired) electrons. The number of amides is 2. The van der Waals surface area contributed by atoms with Crippen LogP contribution in [0.5, 0.6) is 0 Å². The van der Waals surface area contributed by atoms with Crippen LogP contribution in [-0.2, 0) is 14.3 Å². The molecule has 0 aromatic carbocycles. The fourth-order valence-corrected chi connectivity index (χ4v) is 0.863. The first-order valence-electron chi connectivity index (χ1n) is 4.60. The average molecular weight is 232 g/mol. The lowest BCUT2D eigenvalue weighted by atomic mass is 10.2. The molecule has 0 aliphatic heterocycles. The summed E-state index contributed by atoms with van der Waals surface area (Å²) >= 11 is 0. The molecule has 2 amide bonds. The van der Waals surface area contributed by atoms with Crippen molar-refractivity contribution in [2.45, 2.75) is 26.4 Å². The Kier molecular flexibility index (Phi) is 4.74. The monoisotopic (exact) mass is 232 g/mol. The lowest BCUT2D eigenvalue weighted by molar-refractivity contribution is -0.138. The van der Waals surface area contributed by atoms with Crippen LogP contribution in [0.3, 0.4) is 0 Å². The number of carbonyl (C=O) groups excluding carboxylic acids is 2. The van der Waals surface area contributed by atoms with Gasteiger partial charge in [-0.2, -0.15) is 0 Å². The second-order valence-electron chi connectivity index (χ2n) is 4.20. The molecule has 0 aliphatic carbocycles. The normalized spacial score (nSPS) is 10.7. The maximum absolute atomic E-state index is 11.5. The lowest BCUT2D eigenvalue weighted by Gasteiger charge is -2.25. The average Bonchev–Trinajstić information content (AvgIpc) is 1.97. The number of nitrogens with two attached hydrogens (primary N) is 1. The zero-order valence-electron chi connectivity index (χ0n) is 9.52. The number of carboxylic acid groups (broad SMARTS) is 1. The maximum atomic E-state index is 11.5. The Labute approximate surface area is 93.2 Å². The van der Waals surface area contributed by atoms with Crippen molar-refractivity contribution < 1.29 is 24.2 Å². The van der Waals surface area contributed by atoms with Crippen LogP contribution >= 0.6 is 0 Å². The zero-order valence-corrected chi connectivity index (χ0v) is 9.52. The Balaban J connectivity index is 4.56. The number of hydrogen-bond donors (Lipinski definition) is 2. The van der Waals surface area contributed by atoms with Gasteiger partial charge >= 0.3 is 12.1 Å². The Hall–Kier alpha value is -1.79. The molecule has 0 saturated heterocycles. The molecule has 0 aromatic heterocycles. The smallest absolute Gasteiger partial charge is 0.411 e. The second-order valence-corrected chi connectivity index (χ2v) is 4.20. The van der Waals surface area contributed by atoms with Crippen molar-refractivity contribution in [3.8, 4) is 0 Å². The van der Waals surface area contributed by atoms with Gasteiger partial charge in [0.25, 0.3) is 0 Å². The Morgan fingerprint density at radius 2 is 1.75 bits per heavy atom. The summed E-state index contributed by atoms with van der Waals surface area (Å²) in [5.41, 5.74) is 4.13. The molecule has 0 aromatic rings. The van der Waals surface area contributed by atoms with Gasteiger partial charge in [-0.1, -0.05) is 0 Å². The van der Waals surface area contributed by atoms with Crippen LogP contribution in [0.25, 0.3) is 0 Å². The fraction of sp³-hybridized carbons (Fsp3) is 0.667. The number of primary amides is 1. The summed E-state index contributed by atoms with van der Waals surface area (Å²) in [6.45, 7) is 3.79. The van der Waals surface area contributed by atoms with E-state index in [0.29, 0.717) is 0 Å². The molecule has 0 bridgehead atoms. The van der Waals surface area contributed by atoms with Crippen molar-refractivity contribution >= 4 is 18.0 Å². The molecule has 0 atom stereocenters. The molecule has 3 N–H and O–H groups in total. The van der Waals surface area contributed by atoms with Crippen molar-refractivity contribution in [3.63, 3.8) is 0 Å². The summed E-state index contributed by atoms with van der Waals surface area (Å²) in [6.07, 6.45) is -0.881. The molecule has 0 spiro atoms. The topological polar surface area (TPSA) is 110 Å².